The quantitative estimate of drug-likeness (QED) is 0.599. The maximum absolute atomic E-state index is 12.7. The number of guanidine groups is 1. The fourth-order valence-corrected chi connectivity index (χ4v) is 3.00. The average Bonchev–Trinajstić information content (AvgIpc) is 3.16. The van der Waals surface area contributed by atoms with Crippen molar-refractivity contribution in [3.8, 4) is 0 Å². The minimum absolute atomic E-state index is 0.218. The minimum Gasteiger partial charge on any atom is -0.478 e. The summed E-state index contributed by atoms with van der Waals surface area (Å²) in [5.41, 5.74) is 4.51. The molecule has 1 amide bonds. The Morgan fingerprint density at radius 2 is 1.93 bits per heavy atom. The van der Waals surface area contributed by atoms with Crippen molar-refractivity contribution in [2.45, 2.75) is 13.8 Å². The summed E-state index contributed by atoms with van der Waals surface area (Å²) < 4.78 is 0. The number of rotatable bonds is 5. The third kappa shape index (κ3) is 4.76. The molecule has 1 aliphatic heterocycles. The van der Waals surface area contributed by atoms with E-state index in [-0.39, 0.29) is 5.91 Å². The number of nitrogens with one attached hydrogen (secondary N) is 3. The van der Waals surface area contributed by atoms with E-state index in [9.17, 15) is 9.59 Å². The predicted octanol–water partition coefficient (Wildman–Crippen LogP) is 3.02. The Bertz CT molecular complexity index is 956. The number of carboxylic acids is 1. The Hall–Kier alpha value is -3.61. The first-order valence-corrected chi connectivity index (χ1v) is 8.91. The van der Waals surface area contributed by atoms with Crippen molar-refractivity contribution in [1.29, 1.82) is 0 Å². The van der Waals surface area contributed by atoms with E-state index in [1.807, 2.05) is 38.1 Å². The van der Waals surface area contributed by atoms with Crippen molar-refractivity contribution in [2.75, 3.05) is 23.7 Å². The smallest absolute Gasteiger partial charge is 0.328 e. The van der Waals surface area contributed by atoms with Crippen LogP contribution in [0.3, 0.4) is 0 Å². The van der Waals surface area contributed by atoms with Gasteiger partial charge < -0.3 is 21.1 Å². The predicted molar refractivity (Wildman–Crippen MR) is 111 cm³/mol. The van der Waals surface area contributed by atoms with Gasteiger partial charge in [-0.1, -0.05) is 6.07 Å². The van der Waals surface area contributed by atoms with Crippen LogP contribution in [0.25, 0.3) is 6.08 Å². The molecule has 0 fully saturated rings. The van der Waals surface area contributed by atoms with Gasteiger partial charge in [-0.2, -0.15) is 0 Å². The van der Waals surface area contributed by atoms with Gasteiger partial charge in [-0.05, 0) is 66.9 Å². The maximum Gasteiger partial charge on any atom is 0.328 e. The van der Waals surface area contributed by atoms with E-state index in [4.69, 9.17) is 5.11 Å². The molecule has 1 heterocycles. The summed E-state index contributed by atoms with van der Waals surface area (Å²) in [7, 11) is 0. The van der Waals surface area contributed by atoms with Crippen molar-refractivity contribution in [2.24, 2.45) is 4.99 Å². The lowest BCUT2D eigenvalue weighted by atomic mass is 10.0. The number of aliphatic carboxylic acids is 1. The second-order valence-corrected chi connectivity index (χ2v) is 6.52. The number of amides is 1. The van der Waals surface area contributed by atoms with E-state index in [1.54, 1.807) is 12.1 Å². The second kappa shape index (κ2) is 8.39. The minimum atomic E-state index is -1.00. The van der Waals surface area contributed by atoms with Crippen LogP contribution >= 0.6 is 0 Å². The number of benzene rings is 2. The standard InChI is InChI=1S/C21H22N4O3/c1-13-10-15(6-7-18(26)27)11-14(2)19(13)25-20(28)16-4-3-5-17(12-16)24-21-22-8-9-23-21/h3-7,10-12H,8-9H2,1-2H3,(H,25,28)(H,26,27)(H2,22,23,24). The van der Waals surface area contributed by atoms with Gasteiger partial charge in [-0.25, -0.2) is 4.79 Å². The first kappa shape index (κ1) is 19.2. The first-order chi connectivity index (χ1) is 13.4. The summed E-state index contributed by atoms with van der Waals surface area (Å²) in [5.74, 6) is -0.515. The third-order valence-corrected chi connectivity index (χ3v) is 4.27. The molecule has 1 aliphatic rings. The van der Waals surface area contributed by atoms with Crippen LogP contribution in [0, 0.1) is 13.8 Å². The molecule has 0 spiro atoms. The number of aliphatic imine (C=N–C) groups is 1. The molecule has 0 saturated carbocycles. The Balaban J connectivity index is 1.76. The van der Waals surface area contributed by atoms with E-state index >= 15 is 0 Å². The van der Waals surface area contributed by atoms with Gasteiger partial charge in [0.05, 0.1) is 6.54 Å². The third-order valence-electron chi connectivity index (χ3n) is 4.27. The highest BCUT2D eigenvalue weighted by molar-refractivity contribution is 6.06. The Labute approximate surface area is 163 Å². The fourth-order valence-electron chi connectivity index (χ4n) is 3.00. The molecule has 0 radical (unpaired) electrons. The number of anilines is 2. The zero-order chi connectivity index (χ0) is 20.1. The molecule has 0 aromatic heterocycles. The van der Waals surface area contributed by atoms with Gasteiger partial charge in [0.25, 0.3) is 5.91 Å². The molecular formula is C21H22N4O3. The summed E-state index contributed by atoms with van der Waals surface area (Å²) in [6.45, 7) is 5.29. The molecule has 144 valence electrons. The fraction of sp³-hybridized carbons (Fsp3) is 0.190. The lowest BCUT2D eigenvalue weighted by molar-refractivity contribution is -0.131. The van der Waals surface area contributed by atoms with Crippen LogP contribution in [0.15, 0.2) is 47.5 Å². The molecule has 0 unspecified atom stereocenters. The summed E-state index contributed by atoms with van der Waals surface area (Å²) in [4.78, 5) is 27.7. The van der Waals surface area contributed by atoms with E-state index in [1.165, 1.54) is 6.08 Å². The van der Waals surface area contributed by atoms with E-state index in [0.29, 0.717) is 11.5 Å². The van der Waals surface area contributed by atoms with Crippen molar-refractivity contribution in [3.63, 3.8) is 0 Å². The summed E-state index contributed by atoms with van der Waals surface area (Å²) in [5, 5.41) is 18.0. The lowest BCUT2D eigenvalue weighted by Crippen LogP contribution is -2.26. The molecule has 28 heavy (non-hydrogen) atoms. The Kier molecular flexibility index (Phi) is 5.74. The van der Waals surface area contributed by atoms with E-state index in [2.05, 4.69) is 20.9 Å². The number of carbonyl (C=O) groups is 2. The van der Waals surface area contributed by atoms with Crippen LogP contribution in [-0.2, 0) is 4.79 Å². The highest BCUT2D eigenvalue weighted by atomic mass is 16.4. The largest absolute Gasteiger partial charge is 0.478 e. The Morgan fingerprint density at radius 3 is 2.57 bits per heavy atom. The van der Waals surface area contributed by atoms with Gasteiger partial charge in [0, 0.05) is 29.6 Å². The van der Waals surface area contributed by atoms with Crippen LogP contribution in [0.5, 0.6) is 0 Å². The topological polar surface area (TPSA) is 103 Å². The van der Waals surface area contributed by atoms with E-state index < -0.39 is 5.97 Å². The van der Waals surface area contributed by atoms with Gasteiger partial charge in [0.15, 0.2) is 5.96 Å². The molecule has 3 rings (SSSR count). The number of hydrogen-bond donors (Lipinski definition) is 4. The average molecular weight is 378 g/mol. The van der Waals surface area contributed by atoms with E-state index in [0.717, 1.165) is 47.2 Å². The normalized spacial score (nSPS) is 13.1. The van der Waals surface area contributed by atoms with Crippen molar-refractivity contribution in [3.05, 3.63) is 64.7 Å². The van der Waals surface area contributed by atoms with Gasteiger partial charge in [0.2, 0.25) is 0 Å². The van der Waals surface area contributed by atoms with Gasteiger partial charge in [0.1, 0.15) is 0 Å². The van der Waals surface area contributed by atoms with Crippen molar-refractivity contribution in [1.82, 2.24) is 5.32 Å². The van der Waals surface area contributed by atoms with Crippen LogP contribution < -0.4 is 16.0 Å². The zero-order valence-electron chi connectivity index (χ0n) is 15.7. The molecule has 2 aromatic rings. The van der Waals surface area contributed by atoms with Crippen LogP contribution in [0.4, 0.5) is 11.4 Å². The molecular weight excluding hydrogens is 356 g/mol. The molecule has 0 bridgehead atoms. The number of nitrogens with zero attached hydrogens (tertiary/aromatic N) is 1. The first-order valence-electron chi connectivity index (χ1n) is 8.91. The van der Waals surface area contributed by atoms with Crippen molar-refractivity contribution >= 4 is 35.3 Å². The summed E-state index contributed by atoms with van der Waals surface area (Å²) in [6.07, 6.45) is 2.62. The monoisotopic (exact) mass is 378 g/mol. The molecule has 7 heteroatoms. The number of aryl methyl sites for hydroxylation is 2. The Morgan fingerprint density at radius 1 is 1.18 bits per heavy atom. The summed E-state index contributed by atoms with van der Waals surface area (Å²) >= 11 is 0. The molecule has 0 saturated heterocycles. The molecule has 4 N–H and O–H groups in total. The summed E-state index contributed by atoms with van der Waals surface area (Å²) in [6, 6.07) is 10.9. The number of carbonyl (C=O) groups excluding carboxylic acids is 1. The SMILES string of the molecule is Cc1cc(C=CC(=O)O)cc(C)c1NC(=O)c1cccc(NC2=NCCN2)c1. The number of hydrogen-bond acceptors (Lipinski definition) is 5. The number of carboxylic acid groups (broad SMARTS) is 1. The van der Waals surface area contributed by atoms with Crippen LogP contribution in [-0.4, -0.2) is 36.0 Å². The molecule has 7 nitrogen and oxygen atoms in total. The van der Waals surface area contributed by atoms with Gasteiger partial charge in [-0.15, -0.1) is 0 Å². The second-order valence-electron chi connectivity index (χ2n) is 6.52. The van der Waals surface area contributed by atoms with Crippen LogP contribution in [0.2, 0.25) is 0 Å². The van der Waals surface area contributed by atoms with Gasteiger partial charge in [-0.3, -0.25) is 9.79 Å². The van der Waals surface area contributed by atoms with Crippen molar-refractivity contribution < 1.29 is 14.7 Å². The van der Waals surface area contributed by atoms with Gasteiger partial charge >= 0.3 is 5.97 Å². The molecule has 2 aromatic carbocycles. The highest BCUT2D eigenvalue weighted by Gasteiger charge is 2.12. The molecule has 0 aliphatic carbocycles. The van der Waals surface area contributed by atoms with Crippen LogP contribution in [0.1, 0.15) is 27.0 Å². The maximum atomic E-state index is 12.7. The molecule has 0 atom stereocenters. The highest BCUT2D eigenvalue weighted by Crippen LogP contribution is 2.24. The lowest BCUT2D eigenvalue weighted by Gasteiger charge is -2.14. The zero-order valence-corrected chi connectivity index (χ0v) is 15.7.